The Labute approximate surface area is 324 Å². The van der Waals surface area contributed by atoms with Crippen molar-refractivity contribution in [3.05, 3.63) is 72.4 Å². The lowest BCUT2D eigenvalue weighted by molar-refractivity contribution is -0.223. The molecule has 2 N–H and O–H groups in total. The van der Waals surface area contributed by atoms with Crippen LogP contribution in [0.25, 0.3) is 0 Å². The number of rotatable bonds is 21. The van der Waals surface area contributed by atoms with Gasteiger partial charge in [0.2, 0.25) is 12.1 Å². The van der Waals surface area contributed by atoms with Crippen molar-refractivity contribution in [2.24, 2.45) is 22.9 Å². The molecule has 2 aliphatic carbocycles. The second-order valence-electron chi connectivity index (χ2n) is 15.2. The standard InChI is InChI=1S/C42H58N4O7S/c1-2-22-51-42-38(54-25-14-31-29-43-15-16-44-31)28-36(45-53-39-11-5-8-23-50-39)34-26-30(9-3-6-20-47)33(10-4-7-21-48)40(41(34)42)35-27-32(12-13-37(35)52-42)49-24-19-46-17-18-46/h2,12-13,15-16,26-27,29-30,33,38-41,47-48H,1,3-11,14,17-25,28H2. The number of allylic oxidation sites excluding steroid dienone is 1. The van der Waals surface area contributed by atoms with E-state index in [-0.39, 0.29) is 48.4 Å². The summed E-state index contributed by atoms with van der Waals surface area (Å²) in [4.78, 5) is 17.4. The second kappa shape index (κ2) is 19.2. The SMILES string of the molecule is C=CCOC12Oc3ccc(OCCN4CC4)cc3C3C(CCCCO)C(CCCCO)C=C(C(=NOC4CCCCO4)CC1SCCc1cnccn1)C32. The zero-order valence-corrected chi connectivity index (χ0v) is 32.4. The van der Waals surface area contributed by atoms with Crippen LogP contribution in [0.15, 0.2) is 66.2 Å². The van der Waals surface area contributed by atoms with Gasteiger partial charge in [-0.25, -0.2) is 0 Å². The fraction of sp³-hybridized carbons (Fsp3) is 0.643. The maximum absolute atomic E-state index is 9.90. The predicted octanol–water partition coefficient (Wildman–Crippen LogP) is 6.31. The lowest BCUT2D eigenvalue weighted by Crippen LogP contribution is -2.64. The molecule has 294 valence electrons. The van der Waals surface area contributed by atoms with Crippen LogP contribution in [-0.2, 0) is 20.7 Å². The molecule has 2 aromatic rings. The topological polar surface area (TPSA) is 128 Å². The number of oxime groups is 1. The van der Waals surface area contributed by atoms with Gasteiger partial charge >= 0.3 is 0 Å². The highest BCUT2D eigenvalue weighted by Crippen LogP contribution is 2.62. The number of hydrogen-bond acceptors (Lipinski definition) is 12. The molecule has 54 heavy (non-hydrogen) atoms. The first-order chi connectivity index (χ1) is 26.6. The number of aliphatic hydroxyl groups excluding tert-OH is 2. The highest BCUT2D eigenvalue weighted by molar-refractivity contribution is 8.00. The summed E-state index contributed by atoms with van der Waals surface area (Å²) in [6.07, 6.45) is 18.6. The Morgan fingerprint density at radius 2 is 1.96 bits per heavy atom. The maximum atomic E-state index is 9.90. The number of aliphatic hydroxyl groups is 2. The molecule has 1 aromatic carbocycles. The van der Waals surface area contributed by atoms with Crippen molar-refractivity contribution in [1.29, 1.82) is 0 Å². The first-order valence-electron chi connectivity index (χ1n) is 20.2. The minimum Gasteiger partial charge on any atom is -0.492 e. The molecule has 12 heteroatoms. The molecular formula is C42H58N4O7S. The largest absolute Gasteiger partial charge is 0.492 e. The number of fused-ring (bicyclic) bond motifs is 2. The molecule has 0 radical (unpaired) electrons. The molecule has 11 nitrogen and oxygen atoms in total. The zero-order chi connectivity index (χ0) is 37.2. The first-order valence-corrected chi connectivity index (χ1v) is 21.3. The predicted molar refractivity (Wildman–Crippen MR) is 210 cm³/mol. The molecule has 4 heterocycles. The smallest absolute Gasteiger partial charge is 0.230 e. The van der Waals surface area contributed by atoms with Gasteiger partial charge in [-0.3, -0.25) is 14.9 Å². The van der Waals surface area contributed by atoms with Crippen LogP contribution < -0.4 is 9.47 Å². The molecule has 5 aliphatic rings. The fourth-order valence-corrected chi connectivity index (χ4v) is 10.2. The molecule has 3 aliphatic heterocycles. The van der Waals surface area contributed by atoms with Gasteiger partial charge < -0.3 is 34.0 Å². The van der Waals surface area contributed by atoms with E-state index in [1.54, 1.807) is 12.4 Å². The number of aryl methyl sites for hydroxylation is 1. The van der Waals surface area contributed by atoms with E-state index in [0.717, 1.165) is 124 Å². The molecule has 3 fully saturated rings. The summed E-state index contributed by atoms with van der Waals surface area (Å²) in [6, 6.07) is 6.32. The van der Waals surface area contributed by atoms with Gasteiger partial charge in [0, 0.05) is 82.2 Å². The Kier molecular flexibility index (Phi) is 14.0. The lowest BCUT2D eigenvalue weighted by atomic mass is 9.56. The Morgan fingerprint density at radius 1 is 1.09 bits per heavy atom. The fourth-order valence-electron chi connectivity index (χ4n) is 8.83. The van der Waals surface area contributed by atoms with E-state index >= 15 is 0 Å². The number of hydrogen-bond donors (Lipinski definition) is 2. The Hall–Kier alpha value is -3.00. The third-order valence-corrected chi connectivity index (χ3v) is 12.9. The van der Waals surface area contributed by atoms with Crippen molar-refractivity contribution < 1.29 is 34.0 Å². The van der Waals surface area contributed by atoms with Crippen molar-refractivity contribution in [3.8, 4) is 11.5 Å². The van der Waals surface area contributed by atoms with Crippen molar-refractivity contribution in [2.75, 3.05) is 58.4 Å². The molecule has 0 bridgehead atoms. The van der Waals surface area contributed by atoms with Crippen LogP contribution in [0.2, 0.25) is 0 Å². The van der Waals surface area contributed by atoms with Gasteiger partial charge in [0.05, 0.1) is 35.8 Å². The van der Waals surface area contributed by atoms with Crippen LogP contribution >= 0.6 is 11.8 Å². The highest BCUT2D eigenvalue weighted by atomic mass is 32.2. The van der Waals surface area contributed by atoms with Gasteiger partial charge in [0.1, 0.15) is 18.1 Å². The second-order valence-corrected chi connectivity index (χ2v) is 16.5. The molecule has 7 atom stereocenters. The van der Waals surface area contributed by atoms with E-state index in [1.807, 2.05) is 30.1 Å². The number of unbranched alkanes of at least 4 members (excludes halogenated alkanes) is 2. The monoisotopic (exact) mass is 762 g/mol. The summed E-state index contributed by atoms with van der Waals surface area (Å²) in [6.45, 7) is 9.23. The van der Waals surface area contributed by atoms with E-state index in [2.05, 4.69) is 39.7 Å². The van der Waals surface area contributed by atoms with Crippen molar-refractivity contribution in [2.45, 2.75) is 93.9 Å². The normalized spacial score (nSPS) is 29.4. The molecular weight excluding hydrogens is 705 g/mol. The van der Waals surface area contributed by atoms with Crippen LogP contribution in [0.1, 0.15) is 81.4 Å². The summed E-state index contributed by atoms with van der Waals surface area (Å²) < 4.78 is 26.7. The quantitative estimate of drug-likeness (QED) is 0.0644. The van der Waals surface area contributed by atoms with Crippen LogP contribution in [0.5, 0.6) is 11.5 Å². The number of ether oxygens (including phenoxy) is 4. The van der Waals surface area contributed by atoms with Gasteiger partial charge in [-0.15, -0.1) is 6.58 Å². The van der Waals surface area contributed by atoms with Crippen molar-refractivity contribution in [3.63, 3.8) is 0 Å². The molecule has 0 amide bonds. The highest BCUT2D eigenvalue weighted by Gasteiger charge is 2.64. The van der Waals surface area contributed by atoms with Crippen LogP contribution in [0, 0.1) is 17.8 Å². The van der Waals surface area contributed by atoms with Crippen LogP contribution in [0.4, 0.5) is 0 Å². The van der Waals surface area contributed by atoms with Crippen LogP contribution in [-0.4, -0.2) is 107 Å². The van der Waals surface area contributed by atoms with Gasteiger partial charge in [-0.1, -0.05) is 30.1 Å². The Bertz CT molecular complexity index is 1570. The van der Waals surface area contributed by atoms with Crippen molar-refractivity contribution >= 4 is 17.5 Å². The number of benzene rings is 1. The summed E-state index contributed by atoms with van der Waals surface area (Å²) >= 11 is 1.83. The Balaban J connectivity index is 1.33. The van der Waals surface area contributed by atoms with E-state index in [9.17, 15) is 10.2 Å². The molecule has 1 aromatic heterocycles. The third-order valence-electron chi connectivity index (χ3n) is 11.5. The molecule has 1 saturated carbocycles. The van der Waals surface area contributed by atoms with E-state index in [0.29, 0.717) is 26.2 Å². The summed E-state index contributed by atoms with van der Waals surface area (Å²) in [5.41, 5.74) is 4.12. The average Bonchev–Trinajstić information content (AvgIpc) is 4.03. The number of thioether (sulfide) groups is 1. The molecule has 7 rings (SSSR count). The Morgan fingerprint density at radius 3 is 2.72 bits per heavy atom. The van der Waals surface area contributed by atoms with Crippen molar-refractivity contribution in [1.82, 2.24) is 14.9 Å². The van der Waals surface area contributed by atoms with Gasteiger partial charge in [-0.05, 0) is 79.9 Å². The van der Waals surface area contributed by atoms with Gasteiger partial charge in [0.25, 0.3) is 0 Å². The summed E-state index contributed by atoms with van der Waals surface area (Å²) in [5, 5.41) is 24.5. The average molecular weight is 763 g/mol. The van der Waals surface area contributed by atoms with E-state index < -0.39 is 5.79 Å². The minimum atomic E-state index is -1.02. The van der Waals surface area contributed by atoms with Gasteiger partial charge in [-0.2, -0.15) is 11.8 Å². The summed E-state index contributed by atoms with van der Waals surface area (Å²) in [5.74, 6) is 1.74. The van der Waals surface area contributed by atoms with E-state index in [4.69, 9.17) is 28.9 Å². The lowest BCUT2D eigenvalue weighted by Gasteiger charge is -2.58. The summed E-state index contributed by atoms with van der Waals surface area (Å²) in [7, 11) is 0. The minimum absolute atomic E-state index is 0.0200. The number of aromatic nitrogens is 2. The number of nitrogens with zero attached hydrogens (tertiary/aromatic N) is 4. The van der Waals surface area contributed by atoms with Crippen LogP contribution in [0.3, 0.4) is 0 Å². The third kappa shape index (κ3) is 9.33. The molecule has 0 spiro atoms. The zero-order valence-electron chi connectivity index (χ0n) is 31.6. The molecule has 2 saturated heterocycles. The first kappa shape index (κ1) is 39.2. The maximum Gasteiger partial charge on any atom is 0.230 e. The van der Waals surface area contributed by atoms with Gasteiger partial charge in [0.15, 0.2) is 0 Å². The molecule has 7 unspecified atom stereocenters. The van der Waals surface area contributed by atoms with E-state index in [1.165, 1.54) is 0 Å².